The van der Waals surface area contributed by atoms with Crippen molar-refractivity contribution >= 4 is 5.69 Å². The summed E-state index contributed by atoms with van der Waals surface area (Å²) in [4.78, 5) is 0. The van der Waals surface area contributed by atoms with Gasteiger partial charge in [0.2, 0.25) is 0 Å². The lowest BCUT2D eigenvalue weighted by molar-refractivity contribution is 0.416. The molecule has 2 nitrogen and oxygen atoms in total. The van der Waals surface area contributed by atoms with Gasteiger partial charge in [-0.15, -0.1) is 0 Å². The largest absolute Gasteiger partial charge is 0.495 e. The van der Waals surface area contributed by atoms with Gasteiger partial charge in [0.05, 0.1) is 12.8 Å². The van der Waals surface area contributed by atoms with E-state index in [-0.39, 0.29) is 6.04 Å². The van der Waals surface area contributed by atoms with Gasteiger partial charge in [0, 0.05) is 6.04 Å². The Hall–Kier alpha value is -1.96. The highest BCUT2D eigenvalue weighted by atomic mass is 16.5. The van der Waals surface area contributed by atoms with E-state index in [1.54, 1.807) is 7.11 Å². The van der Waals surface area contributed by atoms with E-state index in [0.717, 1.165) is 11.4 Å². The van der Waals surface area contributed by atoms with Crippen LogP contribution in [-0.2, 0) is 0 Å². The van der Waals surface area contributed by atoms with Crippen LogP contribution in [0.2, 0.25) is 0 Å². The molecule has 0 aliphatic heterocycles. The van der Waals surface area contributed by atoms with Gasteiger partial charge in [-0.1, -0.05) is 50.2 Å². The molecule has 1 N–H and O–H groups in total. The van der Waals surface area contributed by atoms with Crippen LogP contribution < -0.4 is 10.1 Å². The smallest absolute Gasteiger partial charge is 0.141 e. The molecule has 0 bridgehead atoms. The van der Waals surface area contributed by atoms with Crippen molar-refractivity contribution in [2.45, 2.75) is 32.7 Å². The van der Waals surface area contributed by atoms with Crippen LogP contribution in [0.5, 0.6) is 5.75 Å². The van der Waals surface area contributed by atoms with Crippen LogP contribution in [0.25, 0.3) is 0 Å². The van der Waals surface area contributed by atoms with E-state index in [9.17, 15) is 0 Å². The predicted octanol–water partition coefficient (Wildman–Crippen LogP) is 4.99. The molecule has 20 heavy (non-hydrogen) atoms. The zero-order chi connectivity index (χ0) is 14.5. The van der Waals surface area contributed by atoms with Crippen molar-refractivity contribution in [3.05, 3.63) is 59.7 Å². The third-order valence-electron chi connectivity index (χ3n) is 3.58. The second-order valence-corrected chi connectivity index (χ2v) is 5.39. The maximum absolute atomic E-state index is 5.37. The molecule has 0 heterocycles. The van der Waals surface area contributed by atoms with Gasteiger partial charge >= 0.3 is 0 Å². The molecule has 0 fully saturated rings. The zero-order valence-corrected chi connectivity index (χ0v) is 12.7. The van der Waals surface area contributed by atoms with Crippen LogP contribution in [0.4, 0.5) is 5.69 Å². The normalized spacial score (nSPS) is 12.2. The Bertz CT molecular complexity index is 546. The van der Waals surface area contributed by atoms with Gasteiger partial charge in [-0.2, -0.15) is 0 Å². The van der Waals surface area contributed by atoms with Gasteiger partial charge in [-0.25, -0.2) is 0 Å². The molecule has 106 valence electrons. The second-order valence-electron chi connectivity index (χ2n) is 5.39. The molecule has 0 spiro atoms. The highest BCUT2D eigenvalue weighted by Gasteiger charge is 2.09. The van der Waals surface area contributed by atoms with Crippen molar-refractivity contribution in [3.63, 3.8) is 0 Å². The van der Waals surface area contributed by atoms with Crippen LogP contribution in [0.15, 0.2) is 48.5 Å². The van der Waals surface area contributed by atoms with Crippen molar-refractivity contribution in [1.82, 2.24) is 0 Å². The molecule has 0 aliphatic rings. The predicted molar refractivity (Wildman–Crippen MR) is 85.6 cm³/mol. The van der Waals surface area contributed by atoms with Crippen LogP contribution >= 0.6 is 0 Å². The number of anilines is 1. The Morgan fingerprint density at radius 1 is 0.850 bits per heavy atom. The molecule has 1 unspecified atom stereocenters. The summed E-state index contributed by atoms with van der Waals surface area (Å²) in [6, 6.07) is 17.1. The summed E-state index contributed by atoms with van der Waals surface area (Å²) in [6.45, 7) is 6.59. The first-order chi connectivity index (χ1) is 9.61. The molecule has 2 aromatic rings. The number of hydrogen-bond donors (Lipinski definition) is 1. The lowest BCUT2D eigenvalue weighted by atomic mass is 9.99. The van der Waals surface area contributed by atoms with Crippen molar-refractivity contribution in [3.8, 4) is 5.75 Å². The van der Waals surface area contributed by atoms with Crippen LogP contribution in [0, 0.1) is 0 Å². The number of hydrogen-bond acceptors (Lipinski definition) is 2. The van der Waals surface area contributed by atoms with Gasteiger partial charge in [0.25, 0.3) is 0 Å². The lowest BCUT2D eigenvalue weighted by Gasteiger charge is -2.18. The summed E-state index contributed by atoms with van der Waals surface area (Å²) < 4.78 is 5.37. The quantitative estimate of drug-likeness (QED) is 0.825. The third kappa shape index (κ3) is 3.32. The van der Waals surface area contributed by atoms with E-state index in [2.05, 4.69) is 50.4 Å². The summed E-state index contributed by atoms with van der Waals surface area (Å²) in [5, 5.41) is 3.50. The summed E-state index contributed by atoms with van der Waals surface area (Å²) >= 11 is 0. The van der Waals surface area contributed by atoms with Crippen molar-refractivity contribution in [1.29, 1.82) is 0 Å². The number of benzene rings is 2. The minimum Gasteiger partial charge on any atom is -0.495 e. The van der Waals surface area contributed by atoms with Gasteiger partial charge in [-0.3, -0.25) is 0 Å². The molecule has 0 aromatic heterocycles. The molecule has 2 rings (SSSR count). The van der Waals surface area contributed by atoms with Crippen molar-refractivity contribution in [2.75, 3.05) is 12.4 Å². The average molecular weight is 269 g/mol. The Morgan fingerprint density at radius 3 is 2.05 bits per heavy atom. The van der Waals surface area contributed by atoms with E-state index in [1.807, 2.05) is 24.3 Å². The van der Waals surface area contributed by atoms with E-state index in [1.165, 1.54) is 11.1 Å². The number of para-hydroxylation sites is 2. The molecule has 2 aromatic carbocycles. The fourth-order valence-corrected chi connectivity index (χ4v) is 2.25. The van der Waals surface area contributed by atoms with Gasteiger partial charge < -0.3 is 10.1 Å². The third-order valence-corrected chi connectivity index (χ3v) is 3.58. The average Bonchev–Trinajstić information content (AvgIpc) is 2.48. The highest BCUT2D eigenvalue weighted by molar-refractivity contribution is 5.57. The van der Waals surface area contributed by atoms with E-state index >= 15 is 0 Å². The van der Waals surface area contributed by atoms with E-state index in [0.29, 0.717) is 5.92 Å². The molecule has 1 atom stereocenters. The molecular weight excluding hydrogens is 246 g/mol. The van der Waals surface area contributed by atoms with Crippen molar-refractivity contribution < 1.29 is 4.74 Å². The van der Waals surface area contributed by atoms with Crippen molar-refractivity contribution in [2.24, 2.45) is 0 Å². The molecule has 2 heteroatoms. The summed E-state index contributed by atoms with van der Waals surface area (Å²) in [7, 11) is 1.70. The number of rotatable bonds is 5. The van der Waals surface area contributed by atoms with Gasteiger partial charge in [0.1, 0.15) is 5.75 Å². The molecule has 0 amide bonds. The van der Waals surface area contributed by atoms with Crippen LogP contribution in [0.1, 0.15) is 43.9 Å². The molecule has 0 saturated carbocycles. The maximum atomic E-state index is 5.37. The standard InChI is InChI=1S/C18H23NO/c1-13(2)15-9-11-16(12-10-15)14(3)19-17-7-5-6-8-18(17)20-4/h5-14,19H,1-4H3. The minimum absolute atomic E-state index is 0.243. The minimum atomic E-state index is 0.243. The molecule has 0 saturated heterocycles. The second kappa shape index (κ2) is 6.47. The Morgan fingerprint density at radius 2 is 1.45 bits per heavy atom. The van der Waals surface area contributed by atoms with Gasteiger partial charge in [0.15, 0.2) is 0 Å². The monoisotopic (exact) mass is 269 g/mol. The fraction of sp³-hybridized carbons (Fsp3) is 0.333. The summed E-state index contributed by atoms with van der Waals surface area (Å²) in [6.07, 6.45) is 0. The number of methoxy groups -OCH3 is 1. The summed E-state index contributed by atoms with van der Waals surface area (Å²) in [5.74, 6) is 1.44. The maximum Gasteiger partial charge on any atom is 0.141 e. The molecule has 0 aliphatic carbocycles. The topological polar surface area (TPSA) is 21.3 Å². The van der Waals surface area contributed by atoms with Crippen LogP contribution in [-0.4, -0.2) is 7.11 Å². The van der Waals surface area contributed by atoms with E-state index < -0.39 is 0 Å². The Labute approximate surface area is 121 Å². The fourth-order valence-electron chi connectivity index (χ4n) is 2.25. The number of ether oxygens (including phenoxy) is 1. The summed E-state index contributed by atoms with van der Waals surface area (Å²) in [5.41, 5.74) is 3.67. The molecular formula is C18H23NO. The first-order valence-corrected chi connectivity index (χ1v) is 7.11. The first-order valence-electron chi connectivity index (χ1n) is 7.11. The highest BCUT2D eigenvalue weighted by Crippen LogP contribution is 2.28. The first kappa shape index (κ1) is 14.4. The van der Waals surface area contributed by atoms with E-state index in [4.69, 9.17) is 4.74 Å². The van der Waals surface area contributed by atoms with Gasteiger partial charge in [-0.05, 0) is 36.1 Å². The SMILES string of the molecule is COc1ccccc1NC(C)c1ccc(C(C)C)cc1. The Balaban J connectivity index is 2.13. The van der Waals surface area contributed by atoms with Crippen LogP contribution in [0.3, 0.4) is 0 Å². The molecule has 0 radical (unpaired) electrons. The zero-order valence-electron chi connectivity index (χ0n) is 12.7. The lowest BCUT2D eigenvalue weighted by Crippen LogP contribution is -2.07. The number of nitrogens with one attached hydrogen (secondary N) is 1. The Kier molecular flexibility index (Phi) is 4.67.